The monoisotopic (exact) mass is 388 g/mol. The van der Waals surface area contributed by atoms with E-state index in [1.165, 1.54) is 30.0 Å². The van der Waals surface area contributed by atoms with Gasteiger partial charge in [-0.2, -0.15) is 0 Å². The molecule has 1 saturated carbocycles. The zero-order valence-corrected chi connectivity index (χ0v) is 15.5. The second kappa shape index (κ2) is 8.23. The Morgan fingerprint density at radius 1 is 1.32 bits per heavy atom. The number of rotatable bonds is 4. The van der Waals surface area contributed by atoms with E-state index >= 15 is 0 Å². The van der Waals surface area contributed by atoms with Gasteiger partial charge in [-0.15, -0.1) is 24.2 Å². The van der Waals surface area contributed by atoms with Gasteiger partial charge in [0.25, 0.3) is 5.91 Å². The van der Waals surface area contributed by atoms with Gasteiger partial charge < -0.3 is 9.84 Å². The van der Waals surface area contributed by atoms with Crippen molar-refractivity contribution < 1.29 is 24.2 Å². The Bertz CT molecular complexity index is 640. The minimum atomic E-state index is -1.17. The number of nitrogens with zero attached hydrogens (tertiary/aromatic N) is 2. The zero-order valence-electron chi connectivity index (χ0n) is 13.9. The largest absolute Gasteiger partial charge is 0.477 e. The highest BCUT2D eigenvalue weighted by Gasteiger charge is 2.53. The molecule has 2 heterocycles. The van der Waals surface area contributed by atoms with E-state index in [9.17, 15) is 19.5 Å². The van der Waals surface area contributed by atoms with Crippen molar-refractivity contribution in [2.45, 2.75) is 50.4 Å². The summed E-state index contributed by atoms with van der Waals surface area (Å²) in [7, 11) is 0. The molecule has 1 N–H and O–H groups in total. The lowest BCUT2D eigenvalue weighted by Crippen LogP contribution is -2.64. The van der Waals surface area contributed by atoms with Crippen molar-refractivity contribution in [3.63, 3.8) is 0 Å². The van der Waals surface area contributed by atoms with Crippen molar-refractivity contribution >= 4 is 47.7 Å². The van der Waals surface area contributed by atoms with Crippen molar-refractivity contribution in [3.05, 3.63) is 11.3 Å². The maximum absolute atomic E-state index is 12.5. The maximum atomic E-state index is 12.5. The molecule has 0 aromatic carbocycles. The molecular weight excluding hydrogens is 368 g/mol. The van der Waals surface area contributed by atoms with Crippen LogP contribution in [0.1, 0.15) is 39.0 Å². The lowest BCUT2D eigenvalue weighted by molar-refractivity contribution is -0.148. The van der Waals surface area contributed by atoms with Crippen LogP contribution in [-0.4, -0.2) is 57.3 Å². The third-order valence-electron chi connectivity index (χ3n) is 4.42. The Hall–Kier alpha value is -1.54. The van der Waals surface area contributed by atoms with Crippen LogP contribution in [-0.2, 0) is 19.1 Å². The summed E-state index contributed by atoms with van der Waals surface area (Å²) in [6.07, 6.45) is 5.27. The number of carboxylic acids is 1. The highest BCUT2D eigenvalue weighted by molar-refractivity contribution is 8.00. The predicted molar refractivity (Wildman–Crippen MR) is 95.9 cm³/mol. The summed E-state index contributed by atoms with van der Waals surface area (Å²) in [5.74, 6) is -1.50. The molecule has 0 radical (unpaired) electrons. The molecule has 1 saturated heterocycles. The molecule has 0 spiro atoms. The Morgan fingerprint density at radius 3 is 2.60 bits per heavy atom. The molecule has 2 fully saturated rings. The van der Waals surface area contributed by atoms with Gasteiger partial charge in [0.05, 0.1) is 0 Å². The fourth-order valence-corrected chi connectivity index (χ4v) is 4.54. The summed E-state index contributed by atoms with van der Waals surface area (Å²) in [4.78, 5) is 40.9. The van der Waals surface area contributed by atoms with Crippen LogP contribution < -0.4 is 0 Å². The number of hydrogen-bond donors (Lipinski definition) is 1. The fourth-order valence-electron chi connectivity index (χ4n) is 3.23. The molecule has 1 unspecified atom stereocenters. The van der Waals surface area contributed by atoms with Crippen molar-refractivity contribution in [3.8, 4) is 0 Å². The molecule has 0 aromatic rings. The number of aliphatic carboxylic acids is 1. The van der Waals surface area contributed by atoms with Gasteiger partial charge in [-0.3, -0.25) is 19.5 Å². The maximum Gasteiger partial charge on any atom is 0.352 e. The minimum Gasteiger partial charge on any atom is -0.477 e. The highest BCUT2D eigenvalue weighted by Crippen LogP contribution is 2.42. The lowest BCUT2D eigenvalue weighted by atomic mass is 9.97. The van der Waals surface area contributed by atoms with Crippen LogP contribution in [0.3, 0.4) is 0 Å². The second-order valence-corrected chi connectivity index (χ2v) is 7.25. The summed E-state index contributed by atoms with van der Waals surface area (Å²) in [6.45, 7) is 1.17. The van der Waals surface area contributed by atoms with Crippen molar-refractivity contribution in [2.24, 2.45) is 4.99 Å². The standard InChI is InChI=1S/C16H20N2O5S.ClH/c1-9(19)23-7-10-8-24-15-12(17-11-5-3-2-4-6-11)14(20)18(15)13(10)16(21)22;/h12,15H,2-8H2,1H3,(H,21,22);1H/t12?,15-;/m1./s1. The molecule has 3 aliphatic rings. The third kappa shape index (κ3) is 4.00. The Morgan fingerprint density at radius 2 is 2.00 bits per heavy atom. The van der Waals surface area contributed by atoms with E-state index in [-0.39, 0.29) is 36.0 Å². The van der Waals surface area contributed by atoms with Crippen molar-refractivity contribution in [1.82, 2.24) is 4.90 Å². The summed E-state index contributed by atoms with van der Waals surface area (Å²) in [5, 5.41) is 9.22. The first kappa shape index (κ1) is 19.8. The molecular formula is C16H21ClN2O5S. The molecule has 7 nitrogen and oxygen atoms in total. The van der Waals surface area contributed by atoms with Crippen LogP contribution in [0.15, 0.2) is 16.3 Å². The van der Waals surface area contributed by atoms with Crippen LogP contribution >= 0.6 is 24.2 Å². The van der Waals surface area contributed by atoms with Gasteiger partial charge >= 0.3 is 11.9 Å². The topological polar surface area (TPSA) is 96.3 Å². The number of halogens is 1. The number of hydrogen-bond acceptors (Lipinski definition) is 6. The highest BCUT2D eigenvalue weighted by atomic mass is 35.5. The number of carbonyl (C=O) groups is 3. The number of aliphatic imine (C=N–C) groups is 1. The minimum absolute atomic E-state index is 0. The van der Waals surface area contributed by atoms with Crippen molar-refractivity contribution in [1.29, 1.82) is 0 Å². The number of esters is 1. The molecule has 0 bridgehead atoms. The number of ether oxygens (including phenoxy) is 1. The number of carbonyl (C=O) groups excluding carboxylic acids is 2. The van der Waals surface area contributed by atoms with Crippen LogP contribution in [0.25, 0.3) is 0 Å². The molecule has 3 rings (SSSR count). The smallest absolute Gasteiger partial charge is 0.352 e. The average Bonchev–Trinajstić information content (AvgIpc) is 2.57. The predicted octanol–water partition coefficient (Wildman–Crippen LogP) is 2.00. The van der Waals surface area contributed by atoms with Crippen LogP contribution in [0.4, 0.5) is 0 Å². The van der Waals surface area contributed by atoms with Gasteiger partial charge in [-0.25, -0.2) is 4.79 Å². The summed E-state index contributed by atoms with van der Waals surface area (Å²) < 4.78 is 4.91. The van der Waals surface area contributed by atoms with E-state index in [1.54, 1.807) is 0 Å². The van der Waals surface area contributed by atoms with Crippen LogP contribution in [0.2, 0.25) is 0 Å². The Balaban J connectivity index is 0.00000225. The SMILES string of the molecule is CC(=O)OCC1=C(C(=O)O)N2C(=O)C(N=C3CCCCC3)[C@H]2SC1.Cl. The van der Waals surface area contributed by atoms with Gasteiger partial charge in [0.1, 0.15) is 17.7 Å². The zero-order chi connectivity index (χ0) is 17.3. The first-order valence-corrected chi connectivity index (χ1v) is 9.13. The summed E-state index contributed by atoms with van der Waals surface area (Å²) in [5.41, 5.74) is 1.48. The Labute approximate surface area is 156 Å². The Kier molecular flexibility index (Phi) is 6.51. The van der Waals surface area contributed by atoms with Crippen LogP contribution in [0, 0.1) is 0 Å². The quantitative estimate of drug-likeness (QED) is 0.584. The van der Waals surface area contributed by atoms with E-state index in [0.29, 0.717) is 11.3 Å². The third-order valence-corrected chi connectivity index (χ3v) is 5.75. The molecule has 1 amide bonds. The van der Waals surface area contributed by atoms with E-state index < -0.39 is 18.0 Å². The lowest BCUT2D eigenvalue weighted by Gasteiger charge is -2.48. The molecule has 1 aliphatic carbocycles. The molecule has 25 heavy (non-hydrogen) atoms. The number of fused-ring (bicyclic) bond motifs is 1. The first-order valence-electron chi connectivity index (χ1n) is 8.08. The van der Waals surface area contributed by atoms with Crippen LogP contribution in [0.5, 0.6) is 0 Å². The first-order chi connectivity index (χ1) is 11.5. The molecule has 2 atom stereocenters. The van der Waals surface area contributed by atoms with E-state index in [4.69, 9.17) is 4.74 Å². The number of thioether (sulfide) groups is 1. The molecule has 9 heteroatoms. The van der Waals surface area contributed by atoms with Gasteiger partial charge in [0.15, 0.2) is 6.04 Å². The number of amides is 1. The van der Waals surface area contributed by atoms with E-state index in [0.717, 1.165) is 31.4 Å². The fraction of sp³-hybridized carbons (Fsp3) is 0.625. The van der Waals surface area contributed by atoms with E-state index in [2.05, 4.69) is 4.99 Å². The molecule has 2 aliphatic heterocycles. The van der Waals surface area contributed by atoms with Gasteiger partial charge in [-0.1, -0.05) is 6.42 Å². The van der Waals surface area contributed by atoms with E-state index in [1.807, 2.05) is 0 Å². The normalized spacial score (nSPS) is 25.6. The number of carboxylic acid groups (broad SMARTS) is 1. The number of β-lactam (4-membered cyclic amide) rings is 1. The average molecular weight is 389 g/mol. The van der Waals surface area contributed by atoms with Crippen molar-refractivity contribution in [2.75, 3.05) is 12.4 Å². The van der Waals surface area contributed by atoms with Gasteiger partial charge in [0, 0.05) is 24.0 Å². The molecule has 138 valence electrons. The van der Waals surface area contributed by atoms with Gasteiger partial charge in [-0.05, 0) is 25.7 Å². The second-order valence-electron chi connectivity index (χ2n) is 6.15. The molecule has 0 aromatic heterocycles. The summed E-state index contributed by atoms with van der Waals surface area (Å²) >= 11 is 1.48. The van der Waals surface area contributed by atoms with Gasteiger partial charge in [0.2, 0.25) is 0 Å². The summed E-state index contributed by atoms with van der Waals surface area (Å²) in [6, 6.07) is -0.479.